The van der Waals surface area contributed by atoms with Gasteiger partial charge in [-0.2, -0.15) is 5.26 Å². The van der Waals surface area contributed by atoms with Crippen molar-refractivity contribution in [1.82, 2.24) is 0 Å². The Morgan fingerprint density at radius 2 is 2.05 bits per heavy atom. The predicted molar refractivity (Wildman–Crippen MR) is 74.0 cm³/mol. The van der Waals surface area contributed by atoms with Gasteiger partial charge in [0.1, 0.15) is 18.2 Å². The van der Waals surface area contributed by atoms with E-state index >= 15 is 0 Å². The second-order valence-electron chi connectivity index (χ2n) is 3.89. The summed E-state index contributed by atoms with van der Waals surface area (Å²) in [6, 6.07) is 11.3. The van der Waals surface area contributed by atoms with Crippen LogP contribution in [0.5, 0.6) is 5.75 Å². The second-order valence-corrected chi connectivity index (χ2v) is 4.80. The molecule has 3 nitrogen and oxygen atoms in total. The number of hydrogen-bond donors (Lipinski definition) is 1. The van der Waals surface area contributed by atoms with Gasteiger partial charge in [0.15, 0.2) is 0 Å². The summed E-state index contributed by atoms with van der Waals surface area (Å²) in [5.74, 6) is 0.0915. The molecule has 2 aromatic rings. The van der Waals surface area contributed by atoms with Gasteiger partial charge in [-0.25, -0.2) is 4.39 Å². The first-order chi connectivity index (χ1) is 9.10. The van der Waals surface area contributed by atoms with Crippen LogP contribution in [0.25, 0.3) is 0 Å². The number of nitrogens with two attached hydrogens (primary N) is 1. The smallest absolute Gasteiger partial charge is 0.142 e. The van der Waals surface area contributed by atoms with Crippen molar-refractivity contribution < 1.29 is 9.13 Å². The lowest BCUT2D eigenvalue weighted by Crippen LogP contribution is -2.01. The van der Waals surface area contributed by atoms with E-state index in [-0.39, 0.29) is 12.4 Å². The van der Waals surface area contributed by atoms with Crippen LogP contribution >= 0.6 is 15.9 Å². The summed E-state index contributed by atoms with van der Waals surface area (Å²) < 4.78 is 19.8. The number of halogens is 2. The van der Waals surface area contributed by atoms with Gasteiger partial charge in [0, 0.05) is 10.0 Å². The van der Waals surface area contributed by atoms with Gasteiger partial charge in [0.05, 0.1) is 17.3 Å². The summed E-state index contributed by atoms with van der Waals surface area (Å²) in [6.07, 6.45) is 0. The Kier molecular flexibility index (Phi) is 4.03. The molecule has 0 saturated heterocycles. The summed E-state index contributed by atoms with van der Waals surface area (Å²) >= 11 is 3.27. The Morgan fingerprint density at radius 3 is 2.74 bits per heavy atom. The van der Waals surface area contributed by atoms with Crippen molar-refractivity contribution >= 4 is 21.6 Å². The number of nitriles is 1. The molecule has 5 heteroatoms. The second kappa shape index (κ2) is 5.72. The summed E-state index contributed by atoms with van der Waals surface area (Å²) in [5, 5.41) is 8.73. The van der Waals surface area contributed by atoms with Crippen molar-refractivity contribution in [2.75, 3.05) is 5.73 Å². The monoisotopic (exact) mass is 320 g/mol. The SMILES string of the molecule is N#Cc1ccc(OCc2cc(Br)ccc2F)c(N)c1. The van der Waals surface area contributed by atoms with E-state index in [1.54, 1.807) is 24.3 Å². The van der Waals surface area contributed by atoms with Crippen LogP contribution in [0.1, 0.15) is 11.1 Å². The first kappa shape index (κ1) is 13.4. The average Bonchev–Trinajstić information content (AvgIpc) is 2.40. The fraction of sp³-hybridized carbons (Fsp3) is 0.0714. The van der Waals surface area contributed by atoms with Gasteiger partial charge in [-0.15, -0.1) is 0 Å². The number of nitrogen functional groups attached to an aromatic ring is 1. The molecule has 0 bridgehead atoms. The van der Waals surface area contributed by atoms with Gasteiger partial charge in [0.2, 0.25) is 0 Å². The molecule has 0 unspecified atom stereocenters. The van der Waals surface area contributed by atoms with Crippen molar-refractivity contribution in [1.29, 1.82) is 5.26 Å². The molecule has 19 heavy (non-hydrogen) atoms. The van der Waals surface area contributed by atoms with Crippen LogP contribution in [0.3, 0.4) is 0 Å². The Labute approximate surface area is 118 Å². The van der Waals surface area contributed by atoms with E-state index in [4.69, 9.17) is 15.7 Å². The average molecular weight is 321 g/mol. The Morgan fingerprint density at radius 1 is 1.26 bits per heavy atom. The maximum Gasteiger partial charge on any atom is 0.142 e. The Balaban J connectivity index is 2.15. The van der Waals surface area contributed by atoms with Crippen molar-refractivity contribution in [2.24, 2.45) is 0 Å². The number of anilines is 1. The standard InChI is InChI=1S/C14H10BrFN2O/c15-11-2-3-12(16)10(6-11)8-19-14-4-1-9(7-17)5-13(14)18/h1-6H,8,18H2. The predicted octanol–water partition coefficient (Wildman–Crippen LogP) is 3.62. The fourth-order valence-electron chi connectivity index (χ4n) is 1.56. The number of benzene rings is 2. The molecular weight excluding hydrogens is 311 g/mol. The van der Waals surface area contributed by atoms with E-state index in [0.717, 1.165) is 4.47 Å². The highest BCUT2D eigenvalue weighted by Crippen LogP contribution is 2.24. The molecule has 2 aromatic carbocycles. The molecule has 0 spiro atoms. The number of ether oxygens (including phenoxy) is 1. The van der Waals surface area contributed by atoms with E-state index in [1.165, 1.54) is 12.1 Å². The zero-order valence-electron chi connectivity index (χ0n) is 9.86. The quantitative estimate of drug-likeness (QED) is 0.879. The van der Waals surface area contributed by atoms with E-state index in [9.17, 15) is 4.39 Å². The van der Waals surface area contributed by atoms with Gasteiger partial charge in [-0.3, -0.25) is 0 Å². The summed E-state index contributed by atoms with van der Waals surface area (Å²) in [7, 11) is 0. The van der Waals surface area contributed by atoms with Gasteiger partial charge in [-0.1, -0.05) is 15.9 Å². The molecule has 2 rings (SSSR count). The topological polar surface area (TPSA) is 59.0 Å². The van der Waals surface area contributed by atoms with Crippen LogP contribution in [0.15, 0.2) is 40.9 Å². The molecule has 2 N–H and O–H groups in total. The molecule has 0 atom stereocenters. The molecule has 0 radical (unpaired) electrons. The Bertz CT molecular complexity index is 652. The third-order valence-electron chi connectivity index (χ3n) is 2.53. The fourth-order valence-corrected chi connectivity index (χ4v) is 1.97. The normalized spacial score (nSPS) is 9.95. The van der Waals surface area contributed by atoms with Crippen molar-refractivity contribution in [3.8, 4) is 11.8 Å². The lowest BCUT2D eigenvalue weighted by atomic mass is 10.2. The van der Waals surface area contributed by atoms with E-state index in [0.29, 0.717) is 22.6 Å². The molecule has 96 valence electrons. The molecule has 0 fully saturated rings. The molecule has 0 amide bonds. The first-order valence-corrected chi connectivity index (χ1v) is 6.26. The number of nitrogens with zero attached hydrogens (tertiary/aromatic N) is 1. The molecular formula is C14H10BrFN2O. The van der Waals surface area contributed by atoms with Crippen LogP contribution < -0.4 is 10.5 Å². The highest BCUT2D eigenvalue weighted by atomic mass is 79.9. The molecule has 0 aliphatic rings. The van der Waals surface area contributed by atoms with Gasteiger partial charge in [-0.05, 0) is 36.4 Å². The van der Waals surface area contributed by atoms with Crippen molar-refractivity contribution in [3.63, 3.8) is 0 Å². The Hall–Kier alpha value is -2.06. The molecule has 0 aliphatic carbocycles. The highest BCUT2D eigenvalue weighted by molar-refractivity contribution is 9.10. The van der Waals surface area contributed by atoms with Crippen LogP contribution in [0.2, 0.25) is 0 Å². The minimum atomic E-state index is -0.338. The lowest BCUT2D eigenvalue weighted by molar-refractivity contribution is 0.301. The maximum atomic E-state index is 13.5. The lowest BCUT2D eigenvalue weighted by Gasteiger charge is -2.10. The van der Waals surface area contributed by atoms with E-state index in [1.807, 2.05) is 6.07 Å². The minimum absolute atomic E-state index is 0.0708. The zero-order valence-corrected chi connectivity index (χ0v) is 11.4. The van der Waals surface area contributed by atoms with Gasteiger partial charge in [0.25, 0.3) is 0 Å². The third-order valence-corrected chi connectivity index (χ3v) is 3.02. The number of rotatable bonds is 3. The van der Waals surface area contributed by atoms with Crippen LogP contribution in [-0.4, -0.2) is 0 Å². The van der Waals surface area contributed by atoms with Crippen LogP contribution in [0, 0.1) is 17.1 Å². The van der Waals surface area contributed by atoms with Crippen molar-refractivity contribution in [3.05, 3.63) is 57.8 Å². The molecule has 0 saturated carbocycles. The summed E-state index contributed by atoms with van der Waals surface area (Å²) in [5.41, 5.74) is 6.99. The van der Waals surface area contributed by atoms with E-state index < -0.39 is 0 Å². The molecule has 0 heterocycles. The van der Waals surface area contributed by atoms with Crippen LogP contribution in [-0.2, 0) is 6.61 Å². The number of hydrogen-bond acceptors (Lipinski definition) is 3. The summed E-state index contributed by atoms with van der Waals surface area (Å²) in [6.45, 7) is 0.0708. The van der Waals surface area contributed by atoms with Crippen molar-refractivity contribution in [2.45, 2.75) is 6.61 Å². The first-order valence-electron chi connectivity index (χ1n) is 5.46. The van der Waals surface area contributed by atoms with Gasteiger partial charge >= 0.3 is 0 Å². The summed E-state index contributed by atoms with van der Waals surface area (Å²) in [4.78, 5) is 0. The minimum Gasteiger partial charge on any atom is -0.487 e. The highest BCUT2D eigenvalue weighted by Gasteiger charge is 2.06. The molecule has 0 aliphatic heterocycles. The largest absolute Gasteiger partial charge is 0.487 e. The zero-order chi connectivity index (χ0) is 13.8. The van der Waals surface area contributed by atoms with Gasteiger partial charge < -0.3 is 10.5 Å². The molecule has 0 aromatic heterocycles. The van der Waals surface area contributed by atoms with Crippen LogP contribution in [0.4, 0.5) is 10.1 Å². The third kappa shape index (κ3) is 3.24. The van der Waals surface area contributed by atoms with E-state index in [2.05, 4.69) is 15.9 Å². The maximum absolute atomic E-state index is 13.5.